The second-order valence-corrected chi connectivity index (χ2v) is 8.84. The molecule has 0 N–H and O–H groups in total. The monoisotopic (exact) mass is 466 g/mol. The van der Waals surface area contributed by atoms with Crippen LogP contribution in [0, 0.1) is 13.8 Å². The first-order valence-corrected chi connectivity index (χ1v) is 11.3. The molecule has 2 aromatic heterocycles. The molecule has 0 aliphatic rings. The Morgan fingerprint density at radius 3 is 2.59 bits per heavy atom. The molecule has 4 rings (SSSR count). The first-order valence-electron chi connectivity index (χ1n) is 9.62. The van der Waals surface area contributed by atoms with Crippen molar-refractivity contribution in [3.63, 3.8) is 0 Å². The zero-order valence-corrected chi connectivity index (χ0v) is 18.9. The lowest BCUT2D eigenvalue weighted by Crippen LogP contribution is -2.17. The molecule has 4 aromatic rings. The molecule has 148 valence electrons. The van der Waals surface area contributed by atoms with E-state index in [2.05, 4.69) is 85.7 Å². The molecule has 0 atom stereocenters. The summed E-state index contributed by atoms with van der Waals surface area (Å²) in [7, 11) is 0. The Morgan fingerprint density at radius 2 is 1.86 bits per heavy atom. The number of rotatable bonds is 6. The third kappa shape index (κ3) is 4.77. The number of imidazole rings is 1. The predicted molar refractivity (Wildman–Crippen MR) is 123 cm³/mol. The maximum atomic E-state index is 5.00. The molecule has 0 amide bonds. The van der Waals surface area contributed by atoms with Gasteiger partial charge in [0.15, 0.2) is 4.80 Å². The van der Waals surface area contributed by atoms with Crippen LogP contribution in [0.1, 0.15) is 17.5 Å². The summed E-state index contributed by atoms with van der Waals surface area (Å²) in [6.45, 7) is 6.06. The third-order valence-electron chi connectivity index (χ3n) is 4.74. The molecule has 0 aliphatic heterocycles. The highest BCUT2D eigenvalue weighted by molar-refractivity contribution is 9.10. The van der Waals surface area contributed by atoms with E-state index in [0.717, 1.165) is 34.5 Å². The van der Waals surface area contributed by atoms with Crippen molar-refractivity contribution in [2.75, 3.05) is 0 Å². The lowest BCUT2D eigenvalue weighted by atomic mass is 10.1. The summed E-state index contributed by atoms with van der Waals surface area (Å²) in [4.78, 5) is 10.2. The maximum absolute atomic E-state index is 5.00. The van der Waals surface area contributed by atoms with Gasteiger partial charge in [-0.05, 0) is 49.6 Å². The highest BCUT2D eigenvalue weighted by Crippen LogP contribution is 2.29. The van der Waals surface area contributed by atoms with Crippen molar-refractivity contribution in [3.05, 3.63) is 87.0 Å². The summed E-state index contributed by atoms with van der Waals surface area (Å²) in [5.74, 6) is 0. The normalized spacial score (nSPS) is 11.9. The summed E-state index contributed by atoms with van der Waals surface area (Å²) < 4.78 is 5.55. The number of halogens is 1. The van der Waals surface area contributed by atoms with E-state index in [1.54, 1.807) is 11.3 Å². The number of nitrogens with zero attached hydrogens (tertiary/aromatic N) is 4. The number of hydrogen-bond donors (Lipinski definition) is 0. The smallest absolute Gasteiger partial charge is 0.190 e. The molecule has 0 bridgehead atoms. The number of aryl methyl sites for hydroxylation is 3. The van der Waals surface area contributed by atoms with Crippen molar-refractivity contribution in [2.24, 2.45) is 4.99 Å². The zero-order chi connectivity index (χ0) is 20.2. The van der Waals surface area contributed by atoms with Gasteiger partial charge in [0.1, 0.15) is 0 Å². The first kappa shape index (κ1) is 19.9. The molecule has 29 heavy (non-hydrogen) atoms. The van der Waals surface area contributed by atoms with Gasteiger partial charge in [-0.15, -0.1) is 11.3 Å². The van der Waals surface area contributed by atoms with Crippen LogP contribution in [-0.4, -0.2) is 14.1 Å². The average Bonchev–Trinajstić information content (AvgIpc) is 3.32. The number of thiazole rings is 1. The van der Waals surface area contributed by atoms with Gasteiger partial charge in [0.2, 0.25) is 0 Å². The quantitative estimate of drug-likeness (QED) is 0.337. The molecular formula is C23H23BrN4S. The van der Waals surface area contributed by atoms with Crippen molar-refractivity contribution >= 4 is 33.0 Å². The van der Waals surface area contributed by atoms with E-state index < -0.39 is 0 Å². The largest absolute Gasteiger partial charge is 0.337 e. The van der Waals surface area contributed by atoms with Gasteiger partial charge in [-0.2, -0.15) is 0 Å². The molecule has 0 saturated heterocycles. The Balaban J connectivity index is 1.74. The fourth-order valence-corrected chi connectivity index (χ4v) is 4.91. The Morgan fingerprint density at radius 1 is 1.07 bits per heavy atom. The highest BCUT2D eigenvalue weighted by Gasteiger charge is 2.11. The Labute approximate surface area is 183 Å². The van der Waals surface area contributed by atoms with Crippen LogP contribution in [0.15, 0.2) is 76.0 Å². The molecule has 0 spiro atoms. The van der Waals surface area contributed by atoms with Crippen molar-refractivity contribution in [3.8, 4) is 11.3 Å². The molecule has 0 radical (unpaired) electrons. The summed E-state index contributed by atoms with van der Waals surface area (Å²) in [5.41, 5.74) is 5.85. The van der Waals surface area contributed by atoms with E-state index in [1.165, 1.54) is 22.4 Å². The summed E-state index contributed by atoms with van der Waals surface area (Å²) >= 11 is 5.40. The topological polar surface area (TPSA) is 35.1 Å². The van der Waals surface area contributed by atoms with Crippen LogP contribution in [-0.2, 0) is 13.1 Å². The van der Waals surface area contributed by atoms with Crippen LogP contribution in [0.25, 0.3) is 11.3 Å². The summed E-state index contributed by atoms with van der Waals surface area (Å²) in [6.07, 6.45) is 6.71. The number of hydrogen-bond acceptors (Lipinski definition) is 3. The average molecular weight is 467 g/mol. The van der Waals surface area contributed by atoms with E-state index >= 15 is 0 Å². The van der Waals surface area contributed by atoms with Crippen molar-refractivity contribution < 1.29 is 0 Å². The molecule has 6 heteroatoms. The van der Waals surface area contributed by atoms with Crippen LogP contribution in [0.4, 0.5) is 5.69 Å². The van der Waals surface area contributed by atoms with Crippen LogP contribution in [0.5, 0.6) is 0 Å². The molecule has 2 heterocycles. The van der Waals surface area contributed by atoms with E-state index in [-0.39, 0.29) is 0 Å². The summed E-state index contributed by atoms with van der Waals surface area (Å²) in [6, 6.07) is 14.8. The van der Waals surface area contributed by atoms with Crippen LogP contribution in [0.2, 0.25) is 0 Å². The lowest BCUT2D eigenvalue weighted by molar-refractivity contribution is 0.559. The fourth-order valence-electron chi connectivity index (χ4n) is 3.48. The molecule has 0 unspecified atom stereocenters. The van der Waals surface area contributed by atoms with Gasteiger partial charge in [0, 0.05) is 40.9 Å². The van der Waals surface area contributed by atoms with Gasteiger partial charge in [-0.1, -0.05) is 40.2 Å². The minimum absolute atomic E-state index is 0.891. The summed E-state index contributed by atoms with van der Waals surface area (Å²) in [5, 5.41) is 2.21. The van der Waals surface area contributed by atoms with E-state index in [0.29, 0.717) is 0 Å². The second-order valence-electron chi connectivity index (χ2n) is 7.15. The molecule has 0 saturated carbocycles. The van der Waals surface area contributed by atoms with Gasteiger partial charge in [0.25, 0.3) is 0 Å². The van der Waals surface area contributed by atoms with Crippen LogP contribution in [0.3, 0.4) is 0 Å². The SMILES string of the molecule is Cc1cc(C)cc(N=c2scc(-c3ccccc3Br)n2CCCn2ccnc2)c1. The number of benzene rings is 2. The van der Waals surface area contributed by atoms with Crippen molar-refractivity contribution in [2.45, 2.75) is 33.4 Å². The molecule has 0 fully saturated rings. The van der Waals surface area contributed by atoms with Crippen molar-refractivity contribution in [1.82, 2.24) is 14.1 Å². The van der Waals surface area contributed by atoms with Gasteiger partial charge in [-0.25, -0.2) is 9.98 Å². The maximum Gasteiger partial charge on any atom is 0.190 e. The zero-order valence-electron chi connectivity index (χ0n) is 16.5. The van der Waals surface area contributed by atoms with Gasteiger partial charge in [-0.3, -0.25) is 0 Å². The van der Waals surface area contributed by atoms with Gasteiger partial charge < -0.3 is 9.13 Å². The lowest BCUT2D eigenvalue weighted by Gasteiger charge is -2.11. The standard InChI is InChI=1S/C23H23BrN4S/c1-17-12-18(2)14-19(13-17)26-23-28(10-5-9-27-11-8-25-16-27)22(15-29-23)20-6-3-4-7-21(20)24/h3-4,6-8,11-16H,5,9-10H2,1-2H3. The van der Waals surface area contributed by atoms with E-state index in [9.17, 15) is 0 Å². The van der Waals surface area contributed by atoms with Crippen LogP contribution < -0.4 is 4.80 Å². The Bertz CT molecular complexity index is 1150. The van der Waals surface area contributed by atoms with E-state index in [4.69, 9.17) is 4.99 Å². The second kappa shape index (κ2) is 8.93. The minimum Gasteiger partial charge on any atom is -0.337 e. The van der Waals surface area contributed by atoms with Gasteiger partial charge in [0.05, 0.1) is 17.7 Å². The van der Waals surface area contributed by atoms with Gasteiger partial charge >= 0.3 is 0 Å². The number of aromatic nitrogens is 3. The Hall–Kier alpha value is -2.44. The minimum atomic E-state index is 0.891. The van der Waals surface area contributed by atoms with Crippen molar-refractivity contribution in [1.29, 1.82) is 0 Å². The fraction of sp³-hybridized carbons (Fsp3) is 0.217. The molecule has 0 aliphatic carbocycles. The molecule has 4 nitrogen and oxygen atoms in total. The first-order chi connectivity index (χ1) is 14.1. The third-order valence-corrected chi connectivity index (χ3v) is 6.29. The predicted octanol–water partition coefficient (Wildman–Crippen LogP) is 6.12. The Kier molecular flexibility index (Phi) is 6.11. The van der Waals surface area contributed by atoms with E-state index in [1.807, 2.05) is 24.8 Å². The van der Waals surface area contributed by atoms with Crippen LogP contribution >= 0.6 is 27.3 Å². The highest BCUT2D eigenvalue weighted by atomic mass is 79.9. The molecular weight excluding hydrogens is 444 g/mol. The molecule has 2 aromatic carbocycles.